The van der Waals surface area contributed by atoms with Gasteiger partial charge in [-0.25, -0.2) is 9.97 Å². The summed E-state index contributed by atoms with van der Waals surface area (Å²) in [4.78, 5) is 11.3. The molecule has 0 unspecified atom stereocenters. The molecule has 2 aliphatic rings. The van der Waals surface area contributed by atoms with Crippen molar-refractivity contribution in [2.75, 3.05) is 18.1 Å². The third-order valence-electron chi connectivity index (χ3n) is 3.95. The van der Waals surface area contributed by atoms with E-state index in [1.54, 1.807) is 6.33 Å². The Balaban J connectivity index is 1.94. The molecule has 2 aliphatic carbocycles. The molecule has 0 saturated heterocycles. The molecule has 1 heterocycles. The molecule has 0 spiro atoms. The fraction of sp³-hybridized carbons (Fsp3) is 0.714. The Labute approximate surface area is 108 Å². The molecule has 0 amide bonds. The zero-order valence-electron chi connectivity index (χ0n) is 10.8. The summed E-state index contributed by atoms with van der Waals surface area (Å²) in [6, 6.07) is 0.597. The molecule has 1 N–H and O–H groups in total. The highest BCUT2D eigenvalue weighted by Gasteiger charge is 2.31. The second kappa shape index (κ2) is 5.22. The van der Waals surface area contributed by atoms with Gasteiger partial charge in [-0.3, -0.25) is 0 Å². The van der Waals surface area contributed by atoms with Gasteiger partial charge in [0.15, 0.2) is 0 Å². The van der Waals surface area contributed by atoms with Gasteiger partial charge >= 0.3 is 0 Å². The van der Waals surface area contributed by atoms with E-state index in [0.29, 0.717) is 12.6 Å². The van der Waals surface area contributed by atoms with Gasteiger partial charge in [-0.2, -0.15) is 0 Å². The minimum absolute atomic E-state index is 0.204. The van der Waals surface area contributed by atoms with Gasteiger partial charge in [-0.05, 0) is 38.5 Å². The lowest BCUT2D eigenvalue weighted by Gasteiger charge is -2.25. The van der Waals surface area contributed by atoms with Gasteiger partial charge in [0, 0.05) is 23.8 Å². The second-order valence-electron chi connectivity index (χ2n) is 5.33. The summed E-state index contributed by atoms with van der Waals surface area (Å²) in [5.74, 6) is 1.10. The van der Waals surface area contributed by atoms with E-state index in [9.17, 15) is 5.11 Å². The summed E-state index contributed by atoms with van der Waals surface area (Å²) >= 11 is 0. The molecule has 0 atom stereocenters. The maximum absolute atomic E-state index is 9.25. The van der Waals surface area contributed by atoms with E-state index in [2.05, 4.69) is 14.9 Å². The molecule has 3 rings (SSSR count). The highest BCUT2D eigenvalue weighted by Crippen LogP contribution is 2.34. The molecule has 4 heteroatoms. The highest BCUT2D eigenvalue weighted by molar-refractivity contribution is 5.51. The van der Waals surface area contributed by atoms with Crippen molar-refractivity contribution >= 4 is 5.82 Å². The smallest absolute Gasteiger partial charge is 0.135 e. The van der Waals surface area contributed by atoms with E-state index in [4.69, 9.17) is 0 Å². The minimum atomic E-state index is 0.204. The molecule has 0 bridgehead atoms. The van der Waals surface area contributed by atoms with Crippen LogP contribution in [0.2, 0.25) is 0 Å². The number of aryl methyl sites for hydroxylation is 1. The maximum atomic E-state index is 9.25. The number of anilines is 1. The number of nitrogens with zero attached hydrogens (tertiary/aromatic N) is 3. The van der Waals surface area contributed by atoms with E-state index in [1.807, 2.05) is 0 Å². The number of rotatable bonds is 4. The van der Waals surface area contributed by atoms with Crippen LogP contribution in [-0.4, -0.2) is 34.3 Å². The molecule has 1 aromatic rings. The number of fused-ring (bicyclic) bond motifs is 1. The summed E-state index contributed by atoms with van der Waals surface area (Å²) < 4.78 is 0. The maximum Gasteiger partial charge on any atom is 0.135 e. The van der Waals surface area contributed by atoms with Gasteiger partial charge in [0.05, 0.1) is 6.61 Å². The Bertz CT molecular complexity index is 418. The Kier molecular flexibility index (Phi) is 3.46. The Morgan fingerprint density at radius 3 is 2.78 bits per heavy atom. The molecule has 1 fully saturated rings. The SMILES string of the molecule is OCCN(c1ncnc2c1CCCCC2)C1CC1. The Hall–Kier alpha value is -1.16. The molecule has 1 aromatic heterocycles. The van der Waals surface area contributed by atoms with E-state index < -0.39 is 0 Å². The van der Waals surface area contributed by atoms with Crippen LogP contribution in [0.15, 0.2) is 6.33 Å². The van der Waals surface area contributed by atoms with Crippen LogP contribution in [0.25, 0.3) is 0 Å². The predicted molar refractivity (Wildman–Crippen MR) is 70.7 cm³/mol. The molecule has 0 aliphatic heterocycles. The summed E-state index contributed by atoms with van der Waals surface area (Å²) in [5.41, 5.74) is 2.58. The number of aliphatic hydroxyl groups excluding tert-OH is 1. The molecule has 98 valence electrons. The van der Waals surface area contributed by atoms with Crippen LogP contribution in [0.1, 0.15) is 43.4 Å². The van der Waals surface area contributed by atoms with Crippen LogP contribution in [-0.2, 0) is 12.8 Å². The van der Waals surface area contributed by atoms with E-state index in [0.717, 1.165) is 18.7 Å². The first-order valence-corrected chi connectivity index (χ1v) is 7.10. The Morgan fingerprint density at radius 1 is 1.17 bits per heavy atom. The zero-order valence-corrected chi connectivity index (χ0v) is 10.8. The monoisotopic (exact) mass is 247 g/mol. The summed E-state index contributed by atoms with van der Waals surface area (Å²) in [5, 5.41) is 9.25. The first-order chi connectivity index (χ1) is 8.90. The molecule has 18 heavy (non-hydrogen) atoms. The van der Waals surface area contributed by atoms with E-state index in [-0.39, 0.29) is 6.61 Å². The van der Waals surface area contributed by atoms with Crippen molar-refractivity contribution in [3.8, 4) is 0 Å². The van der Waals surface area contributed by atoms with Crippen molar-refractivity contribution in [3.05, 3.63) is 17.6 Å². The number of aliphatic hydroxyl groups is 1. The average Bonchev–Trinajstić information content (AvgIpc) is 3.21. The van der Waals surface area contributed by atoms with Crippen LogP contribution < -0.4 is 4.90 Å². The fourth-order valence-electron chi connectivity index (χ4n) is 2.88. The van der Waals surface area contributed by atoms with E-state index in [1.165, 1.54) is 43.4 Å². The van der Waals surface area contributed by atoms with Gasteiger partial charge in [-0.1, -0.05) is 6.42 Å². The first-order valence-electron chi connectivity index (χ1n) is 7.10. The predicted octanol–water partition coefficient (Wildman–Crippen LogP) is 1.71. The summed E-state index contributed by atoms with van der Waals surface area (Å²) in [6.07, 6.45) is 10.1. The van der Waals surface area contributed by atoms with Crippen molar-refractivity contribution in [1.82, 2.24) is 9.97 Å². The fourth-order valence-corrected chi connectivity index (χ4v) is 2.88. The van der Waals surface area contributed by atoms with Crippen molar-refractivity contribution in [2.45, 2.75) is 51.0 Å². The topological polar surface area (TPSA) is 49.2 Å². The highest BCUT2D eigenvalue weighted by atomic mass is 16.3. The van der Waals surface area contributed by atoms with Gasteiger partial charge < -0.3 is 10.0 Å². The number of hydrogen-bond acceptors (Lipinski definition) is 4. The van der Waals surface area contributed by atoms with Gasteiger partial charge in [0.1, 0.15) is 12.1 Å². The lowest BCUT2D eigenvalue weighted by atomic mass is 10.1. The van der Waals surface area contributed by atoms with Crippen molar-refractivity contribution in [1.29, 1.82) is 0 Å². The molecular weight excluding hydrogens is 226 g/mol. The van der Waals surface area contributed by atoms with Crippen LogP contribution >= 0.6 is 0 Å². The van der Waals surface area contributed by atoms with Crippen LogP contribution in [0.3, 0.4) is 0 Å². The zero-order chi connectivity index (χ0) is 12.4. The molecule has 1 saturated carbocycles. The number of hydrogen-bond donors (Lipinski definition) is 1. The lowest BCUT2D eigenvalue weighted by molar-refractivity contribution is 0.301. The van der Waals surface area contributed by atoms with Crippen molar-refractivity contribution in [3.63, 3.8) is 0 Å². The molecule has 0 aromatic carbocycles. The molecular formula is C14H21N3O. The van der Waals surface area contributed by atoms with Crippen molar-refractivity contribution in [2.24, 2.45) is 0 Å². The van der Waals surface area contributed by atoms with Crippen LogP contribution in [0, 0.1) is 0 Å². The summed E-state index contributed by atoms with van der Waals surface area (Å²) in [7, 11) is 0. The third kappa shape index (κ3) is 2.34. The van der Waals surface area contributed by atoms with Crippen LogP contribution in [0.5, 0.6) is 0 Å². The van der Waals surface area contributed by atoms with Gasteiger partial charge in [-0.15, -0.1) is 0 Å². The normalized spacial score (nSPS) is 19.2. The van der Waals surface area contributed by atoms with Crippen LogP contribution in [0.4, 0.5) is 5.82 Å². The largest absolute Gasteiger partial charge is 0.395 e. The second-order valence-corrected chi connectivity index (χ2v) is 5.33. The summed E-state index contributed by atoms with van der Waals surface area (Å²) in [6.45, 7) is 0.906. The number of aromatic nitrogens is 2. The van der Waals surface area contributed by atoms with Gasteiger partial charge in [0.25, 0.3) is 0 Å². The van der Waals surface area contributed by atoms with Crippen molar-refractivity contribution < 1.29 is 5.11 Å². The average molecular weight is 247 g/mol. The Morgan fingerprint density at radius 2 is 2.00 bits per heavy atom. The third-order valence-corrected chi connectivity index (χ3v) is 3.95. The quantitative estimate of drug-likeness (QED) is 0.823. The minimum Gasteiger partial charge on any atom is -0.395 e. The van der Waals surface area contributed by atoms with E-state index >= 15 is 0 Å². The molecule has 4 nitrogen and oxygen atoms in total. The molecule has 0 radical (unpaired) electrons. The standard InChI is InChI=1S/C14H21N3O/c18-9-8-17(11-6-7-11)14-12-4-2-1-3-5-13(12)15-10-16-14/h10-11,18H,1-9H2. The first kappa shape index (κ1) is 11.9. The lowest BCUT2D eigenvalue weighted by Crippen LogP contribution is -2.31. The van der Waals surface area contributed by atoms with Gasteiger partial charge in [0.2, 0.25) is 0 Å².